The van der Waals surface area contributed by atoms with Crippen LogP contribution in [0.1, 0.15) is 23.2 Å². The fourth-order valence-corrected chi connectivity index (χ4v) is 1.47. The number of aromatic carboxylic acids is 1. The van der Waals surface area contributed by atoms with E-state index in [1.165, 1.54) is 0 Å². The number of benzene rings is 1. The lowest BCUT2D eigenvalue weighted by molar-refractivity contribution is -0.115. The highest BCUT2D eigenvalue weighted by Gasteiger charge is 2.21. The smallest absolute Gasteiger partial charge is 0.335 e. The maximum Gasteiger partial charge on any atom is 0.335 e. The molecule has 1 aromatic carbocycles. The van der Waals surface area contributed by atoms with E-state index >= 15 is 0 Å². The van der Waals surface area contributed by atoms with Crippen LogP contribution in [-0.4, -0.2) is 29.6 Å². The van der Waals surface area contributed by atoms with Gasteiger partial charge in [-0.3, -0.25) is 4.79 Å². The number of nitrogens with one attached hydrogen (secondary N) is 2. The van der Waals surface area contributed by atoms with Crippen LogP contribution in [0.15, 0.2) is 18.2 Å². The summed E-state index contributed by atoms with van der Waals surface area (Å²) in [6, 6.07) is 3.65. The molecule has 96 valence electrons. The molecular weight excluding hydrogens is 239 g/mol. The summed E-state index contributed by atoms with van der Waals surface area (Å²) in [5.41, 5.74) is -0.181. The zero-order valence-electron chi connectivity index (χ0n) is 9.57. The maximum atomic E-state index is 13.4. The molecule has 1 aliphatic rings. The number of anilines is 1. The standard InChI is InChI=1S/C12H13FN2O3/c13-9-4-1-7(12(17)18)5-10(9)15-11(16)6-14-8-2-3-8/h1,4-5,8,14H,2-3,6H2,(H,15,16)(H,17,18). The van der Waals surface area contributed by atoms with E-state index in [4.69, 9.17) is 5.11 Å². The molecule has 1 amide bonds. The molecule has 0 bridgehead atoms. The summed E-state index contributed by atoms with van der Waals surface area (Å²) in [5, 5.41) is 14.1. The van der Waals surface area contributed by atoms with Crippen LogP contribution < -0.4 is 10.6 Å². The first-order chi connectivity index (χ1) is 8.56. The van der Waals surface area contributed by atoms with E-state index in [1.54, 1.807) is 0 Å². The summed E-state index contributed by atoms with van der Waals surface area (Å²) in [5.74, 6) is -2.20. The third-order valence-corrected chi connectivity index (χ3v) is 2.62. The highest BCUT2D eigenvalue weighted by atomic mass is 19.1. The second-order valence-electron chi connectivity index (χ2n) is 4.20. The van der Waals surface area contributed by atoms with Crippen LogP contribution in [0.25, 0.3) is 0 Å². The average molecular weight is 252 g/mol. The Labute approximate surface area is 103 Å². The number of carboxylic acid groups (broad SMARTS) is 1. The van der Waals surface area contributed by atoms with Gasteiger partial charge in [-0.25, -0.2) is 9.18 Å². The third-order valence-electron chi connectivity index (χ3n) is 2.62. The number of carbonyl (C=O) groups is 2. The molecule has 1 saturated carbocycles. The second kappa shape index (κ2) is 5.14. The minimum atomic E-state index is -1.17. The number of rotatable bonds is 5. The number of hydrogen-bond donors (Lipinski definition) is 3. The Kier molecular flexibility index (Phi) is 3.57. The summed E-state index contributed by atoms with van der Waals surface area (Å²) in [7, 11) is 0. The topological polar surface area (TPSA) is 78.4 Å². The minimum absolute atomic E-state index is 0.0677. The quantitative estimate of drug-likeness (QED) is 0.736. The van der Waals surface area contributed by atoms with E-state index in [9.17, 15) is 14.0 Å². The monoisotopic (exact) mass is 252 g/mol. The molecule has 3 N–H and O–H groups in total. The number of halogens is 1. The van der Waals surface area contributed by atoms with Crippen LogP contribution in [0.3, 0.4) is 0 Å². The Bertz CT molecular complexity index is 486. The zero-order valence-corrected chi connectivity index (χ0v) is 9.57. The van der Waals surface area contributed by atoms with E-state index in [1.807, 2.05) is 0 Å². The van der Waals surface area contributed by atoms with Crippen molar-refractivity contribution in [3.8, 4) is 0 Å². The molecule has 1 aliphatic carbocycles. The largest absolute Gasteiger partial charge is 0.478 e. The van der Waals surface area contributed by atoms with Crippen molar-refractivity contribution in [2.75, 3.05) is 11.9 Å². The fourth-order valence-electron chi connectivity index (χ4n) is 1.47. The Morgan fingerprint density at radius 2 is 2.11 bits per heavy atom. The number of carbonyl (C=O) groups excluding carboxylic acids is 1. The highest BCUT2D eigenvalue weighted by molar-refractivity contribution is 5.95. The van der Waals surface area contributed by atoms with Gasteiger partial charge in [-0.1, -0.05) is 0 Å². The molecule has 2 rings (SSSR count). The van der Waals surface area contributed by atoms with E-state index in [0.717, 1.165) is 31.0 Å². The Morgan fingerprint density at radius 3 is 2.72 bits per heavy atom. The van der Waals surface area contributed by atoms with Crippen LogP contribution in [0.5, 0.6) is 0 Å². The molecule has 1 fully saturated rings. The summed E-state index contributed by atoms with van der Waals surface area (Å²) in [6.07, 6.45) is 2.10. The molecular formula is C12H13FN2O3. The third kappa shape index (κ3) is 3.27. The molecule has 0 spiro atoms. The molecule has 0 saturated heterocycles. The van der Waals surface area contributed by atoms with Crippen LogP contribution in [0.4, 0.5) is 10.1 Å². The van der Waals surface area contributed by atoms with Crippen molar-refractivity contribution in [2.45, 2.75) is 18.9 Å². The van der Waals surface area contributed by atoms with Gasteiger partial charge in [0, 0.05) is 6.04 Å². The van der Waals surface area contributed by atoms with E-state index < -0.39 is 11.8 Å². The molecule has 18 heavy (non-hydrogen) atoms. The van der Waals surface area contributed by atoms with Gasteiger partial charge in [-0.05, 0) is 31.0 Å². The molecule has 0 aliphatic heterocycles. The Hall–Kier alpha value is -1.95. The summed E-state index contributed by atoms with van der Waals surface area (Å²) >= 11 is 0. The van der Waals surface area contributed by atoms with Crippen molar-refractivity contribution in [1.29, 1.82) is 0 Å². The SMILES string of the molecule is O=C(CNC1CC1)Nc1cc(C(=O)O)ccc1F. The Balaban J connectivity index is 1.99. The molecule has 0 unspecified atom stereocenters. The van der Waals surface area contributed by atoms with Crippen molar-refractivity contribution >= 4 is 17.6 Å². The minimum Gasteiger partial charge on any atom is -0.478 e. The molecule has 0 radical (unpaired) electrons. The van der Waals surface area contributed by atoms with Gasteiger partial charge >= 0.3 is 5.97 Å². The summed E-state index contributed by atoms with van der Waals surface area (Å²) < 4.78 is 13.4. The first-order valence-electron chi connectivity index (χ1n) is 5.62. The van der Waals surface area contributed by atoms with Gasteiger partial charge in [0.05, 0.1) is 17.8 Å². The fraction of sp³-hybridized carbons (Fsp3) is 0.333. The number of amides is 1. The lowest BCUT2D eigenvalue weighted by atomic mass is 10.2. The first-order valence-corrected chi connectivity index (χ1v) is 5.62. The number of carboxylic acids is 1. The molecule has 1 aromatic rings. The molecule has 5 nitrogen and oxygen atoms in total. The van der Waals surface area contributed by atoms with Gasteiger partial charge in [-0.2, -0.15) is 0 Å². The van der Waals surface area contributed by atoms with E-state index in [0.29, 0.717) is 6.04 Å². The van der Waals surface area contributed by atoms with Crippen LogP contribution in [-0.2, 0) is 4.79 Å². The maximum absolute atomic E-state index is 13.4. The predicted octanol–water partition coefficient (Wildman–Crippen LogP) is 1.21. The van der Waals surface area contributed by atoms with Gasteiger partial charge in [0.1, 0.15) is 5.82 Å². The van der Waals surface area contributed by atoms with Crippen molar-refractivity contribution in [3.63, 3.8) is 0 Å². The molecule has 6 heteroatoms. The van der Waals surface area contributed by atoms with Gasteiger partial charge in [0.15, 0.2) is 0 Å². The zero-order chi connectivity index (χ0) is 13.1. The van der Waals surface area contributed by atoms with Crippen LogP contribution in [0.2, 0.25) is 0 Å². The van der Waals surface area contributed by atoms with Crippen molar-refractivity contribution in [1.82, 2.24) is 5.32 Å². The van der Waals surface area contributed by atoms with Crippen molar-refractivity contribution < 1.29 is 19.1 Å². The lowest BCUT2D eigenvalue weighted by Gasteiger charge is -2.07. The highest BCUT2D eigenvalue weighted by Crippen LogP contribution is 2.19. The van der Waals surface area contributed by atoms with Crippen molar-refractivity contribution in [2.24, 2.45) is 0 Å². The second-order valence-corrected chi connectivity index (χ2v) is 4.20. The van der Waals surface area contributed by atoms with E-state index in [-0.39, 0.29) is 23.7 Å². The van der Waals surface area contributed by atoms with Gasteiger partial charge in [-0.15, -0.1) is 0 Å². The first kappa shape index (κ1) is 12.5. The normalized spacial score (nSPS) is 14.3. The van der Waals surface area contributed by atoms with Crippen LogP contribution in [0, 0.1) is 5.82 Å². The molecule has 0 heterocycles. The number of hydrogen-bond acceptors (Lipinski definition) is 3. The van der Waals surface area contributed by atoms with E-state index in [2.05, 4.69) is 10.6 Å². The summed E-state index contributed by atoms with van der Waals surface area (Å²) in [6.45, 7) is 0.0986. The lowest BCUT2D eigenvalue weighted by Crippen LogP contribution is -2.29. The Morgan fingerprint density at radius 1 is 1.39 bits per heavy atom. The van der Waals surface area contributed by atoms with Crippen molar-refractivity contribution in [3.05, 3.63) is 29.6 Å². The predicted molar refractivity (Wildman–Crippen MR) is 63.0 cm³/mol. The molecule has 0 aromatic heterocycles. The molecule has 0 atom stereocenters. The van der Waals surface area contributed by atoms with Crippen LogP contribution >= 0.6 is 0 Å². The summed E-state index contributed by atoms with van der Waals surface area (Å²) in [4.78, 5) is 22.2. The average Bonchev–Trinajstić information content (AvgIpc) is 3.13. The van der Waals surface area contributed by atoms with Gasteiger partial charge in [0.25, 0.3) is 0 Å². The van der Waals surface area contributed by atoms with Gasteiger partial charge in [0.2, 0.25) is 5.91 Å². The van der Waals surface area contributed by atoms with Gasteiger partial charge < -0.3 is 15.7 Å².